The maximum atomic E-state index is 12.8. The maximum absolute atomic E-state index is 12.8. The number of anilines is 1. The summed E-state index contributed by atoms with van der Waals surface area (Å²) in [4.78, 5) is 29.6. The van der Waals surface area contributed by atoms with Crippen molar-refractivity contribution in [2.45, 2.75) is 57.5 Å². The molecule has 2 heterocycles. The summed E-state index contributed by atoms with van der Waals surface area (Å²) in [6, 6.07) is 2.90. The first-order valence-corrected chi connectivity index (χ1v) is 12.4. The van der Waals surface area contributed by atoms with Gasteiger partial charge in [-0.15, -0.1) is 0 Å². The average Bonchev–Trinajstić information content (AvgIpc) is 2.82. The maximum Gasteiger partial charge on any atom is 0.255 e. The number of rotatable bonds is 8. The van der Waals surface area contributed by atoms with Crippen LogP contribution in [0.2, 0.25) is 5.02 Å². The fourth-order valence-corrected chi connectivity index (χ4v) is 4.97. The molecule has 3 rings (SSSR count). The minimum Gasteiger partial charge on any atom is -0.496 e. The van der Waals surface area contributed by atoms with E-state index in [0.717, 1.165) is 71.2 Å². The Hall–Kier alpha value is -2.03. The molecule has 0 radical (unpaired) electrons. The highest BCUT2D eigenvalue weighted by molar-refractivity contribution is 6.33. The van der Waals surface area contributed by atoms with Crippen LogP contribution < -0.4 is 21.5 Å². The fraction of sp³-hybridized carbons (Fsp3) is 0.667. The number of halogens is 1. The van der Waals surface area contributed by atoms with Crippen molar-refractivity contribution in [3.63, 3.8) is 0 Å². The van der Waals surface area contributed by atoms with E-state index >= 15 is 0 Å². The molecule has 1 unspecified atom stereocenters. The van der Waals surface area contributed by atoms with Crippen molar-refractivity contribution < 1.29 is 14.3 Å². The van der Waals surface area contributed by atoms with E-state index in [4.69, 9.17) is 27.8 Å². The monoisotopic (exact) mass is 479 g/mol. The second-order valence-corrected chi connectivity index (χ2v) is 9.69. The van der Waals surface area contributed by atoms with Gasteiger partial charge in [-0.25, -0.2) is 0 Å². The van der Waals surface area contributed by atoms with Crippen molar-refractivity contribution in [3.05, 3.63) is 22.7 Å². The second-order valence-electron chi connectivity index (χ2n) is 9.29. The van der Waals surface area contributed by atoms with E-state index in [9.17, 15) is 9.59 Å². The van der Waals surface area contributed by atoms with Crippen molar-refractivity contribution in [2.24, 2.45) is 11.7 Å². The molecule has 0 saturated carbocycles. The number of piperidine rings is 2. The van der Waals surface area contributed by atoms with E-state index in [1.807, 2.05) is 4.90 Å². The van der Waals surface area contributed by atoms with Crippen LogP contribution in [0.3, 0.4) is 0 Å². The topological polar surface area (TPSA) is 114 Å². The number of carbonyl (C=O) groups is 2. The second kappa shape index (κ2) is 11.9. The predicted octanol–water partition coefficient (Wildman–Crippen LogP) is 2.49. The number of ether oxygens (including phenoxy) is 1. The van der Waals surface area contributed by atoms with Crippen LogP contribution in [-0.2, 0) is 4.79 Å². The van der Waals surface area contributed by atoms with Gasteiger partial charge in [-0.2, -0.15) is 0 Å². The van der Waals surface area contributed by atoms with Gasteiger partial charge >= 0.3 is 0 Å². The first kappa shape index (κ1) is 25.6. The van der Waals surface area contributed by atoms with E-state index < -0.39 is 0 Å². The Morgan fingerprint density at radius 1 is 1.18 bits per heavy atom. The molecule has 1 atom stereocenters. The highest BCUT2D eigenvalue weighted by Gasteiger charge is 2.29. The van der Waals surface area contributed by atoms with Gasteiger partial charge in [0, 0.05) is 44.8 Å². The summed E-state index contributed by atoms with van der Waals surface area (Å²) in [5.41, 5.74) is 12.6. The molecule has 2 amide bonds. The number of nitrogens with zero attached hydrogens (tertiary/aromatic N) is 2. The van der Waals surface area contributed by atoms with Gasteiger partial charge in [-0.05, 0) is 44.1 Å². The normalized spacial score (nSPS) is 19.3. The predicted molar refractivity (Wildman–Crippen MR) is 132 cm³/mol. The smallest absolute Gasteiger partial charge is 0.255 e. The Morgan fingerprint density at radius 3 is 2.45 bits per heavy atom. The minimum absolute atomic E-state index is 0.103. The number of nitrogens with two attached hydrogens (primary N) is 2. The molecule has 1 aromatic rings. The summed E-state index contributed by atoms with van der Waals surface area (Å²) < 4.78 is 5.30. The molecule has 0 aromatic heterocycles. The SMILES string of the molecule is CCCC(N)C(=O)N1CCC(CN2CCC(NC(=O)c3cc(Cl)c(N)cc3OC)CC2)CC1. The first-order chi connectivity index (χ1) is 15.8. The van der Waals surface area contributed by atoms with Crippen LogP contribution in [0.15, 0.2) is 12.1 Å². The molecule has 2 saturated heterocycles. The van der Waals surface area contributed by atoms with Crippen molar-refractivity contribution in [1.29, 1.82) is 0 Å². The summed E-state index contributed by atoms with van der Waals surface area (Å²) in [5.74, 6) is 0.937. The van der Waals surface area contributed by atoms with Crippen molar-refractivity contribution in [3.8, 4) is 5.75 Å². The van der Waals surface area contributed by atoms with Gasteiger partial charge in [0.2, 0.25) is 5.91 Å². The Kier molecular flexibility index (Phi) is 9.23. The van der Waals surface area contributed by atoms with E-state index in [-0.39, 0.29) is 23.9 Å². The third-order valence-corrected chi connectivity index (χ3v) is 7.17. The molecular formula is C24H38ClN5O3. The fourth-order valence-electron chi connectivity index (χ4n) is 4.81. The lowest BCUT2D eigenvalue weighted by atomic mass is 9.94. The highest BCUT2D eigenvalue weighted by Crippen LogP contribution is 2.29. The van der Waals surface area contributed by atoms with Crippen molar-refractivity contribution in [2.75, 3.05) is 45.6 Å². The highest BCUT2D eigenvalue weighted by atomic mass is 35.5. The van der Waals surface area contributed by atoms with Gasteiger partial charge < -0.3 is 31.3 Å². The van der Waals surface area contributed by atoms with Crippen LogP contribution in [0.25, 0.3) is 0 Å². The molecule has 184 valence electrons. The molecule has 2 fully saturated rings. The molecule has 0 bridgehead atoms. The van der Waals surface area contributed by atoms with E-state index in [2.05, 4.69) is 17.1 Å². The zero-order valence-electron chi connectivity index (χ0n) is 19.8. The van der Waals surface area contributed by atoms with Gasteiger partial charge in [0.25, 0.3) is 5.91 Å². The van der Waals surface area contributed by atoms with Gasteiger partial charge in [0.05, 0.1) is 29.4 Å². The summed E-state index contributed by atoms with van der Waals surface area (Å²) in [5, 5.41) is 3.46. The lowest BCUT2D eigenvalue weighted by molar-refractivity contribution is -0.134. The lowest BCUT2D eigenvalue weighted by Crippen LogP contribution is -2.49. The third kappa shape index (κ3) is 6.74. The molecule has 2 aliphatic rings. The van der Waals surface area contributed by atoms with E-state index in [1.165, 1.54) is 7.11 Å². The number of nitrogens with one attached hydrogen (secondary N) is 1. The van der Waals surface area contributed by atoms with Gasteiger partial charge in [0.15, 0.2) is 0 Å². The van der Waals surface area contributed by atoms with Crippen LogP contribution in [0.1, 0.15) is 55.8 Å². The minimum atomic E-state index is -0.356. The van der Waals surface area contributed by atoms with Crippen LogP contribution in [-0.4, -0.2) is 73.5 Å². The number of likely N-dealkylation sites (tertiary alicyclic amines) is 2. The molecule has 8 nitrogen and oxygen atoms in total. The summed E-state index contributed by atoms with van der Waals surface area (Å²) >= 11 is 6.10. The Balaban J connectivity index is 1.42. The average molecular weight is 480 g/mol. The molecule has 2 aliphatic heterocycles. The van der Waals surface area contributed by atoms with Crippen molar-refractivity contribution >= 4 is 29.1 Å². The summed E-state index contributed by atoms with van der Waals surface area (Å²) in [7, 11) is 1.51. The molecule has 0 spiro atoms. The Labute approximate surface area is 201 Å². The Morgan fingerprint density at radius 2 is 1.85 bits per heavy atom. The number of hydrogen-bond donors (Lipinski definition) is 3. The molecular weight excluding hydrogens is 442 g/mol. The number of amides is 2. The van der Waals surface area contributed by atoms with Crippen LogP contribution in [0, 0.1) is 5.92 Å². The van der Waals surface area contributed by atoms with Crippen molar-refractivity contribution in [1.82, 2.24) is 15.1 Å². The van der Waals surface area contributed by atoms with E-state index in [0.29, 0.717) is 27.9 Å². The van der Waals surface area contributed by atoms with Crippen LogP contribution in [0.5, 0.6) is 5.75 Å². The number of hydrogen-bond acceptors (Lipinski definition) is 6. The zero-order chi connectivity index (χ0) is 24.0. The molecule has 0 aliphatic carbocycles. The molecule has 5 N–H and O–H groups in total. The molecule has 1 aromatic carbocycles. The number of benzene rings is 1. The Bertz CT molecular complexity index is 821. The summed E-state index contributed by atoms with van der Waals surface area (Å²) in [6.07, 6.45) is 5.54. The molecule has 9 heteroatoms. The molecule has 33 heavy (non-hydrogen) atoms. The first-order valence-electron chi connectivity index (χ1n) is 12.0. The largest absolute Gasteiger partial charge is 0.496 e. The number of methoxy groups -OCH3 is 1. The van der Waals surface area contributed by atoms with Gasteiger partial charge in [-0.3, -0.25) is 9.59 Å². The van der Waals surface area contributed by atoms with E-state index in [1.54, 1.807) is 12.1 Å². The van der Waals surface area contributed by atoms with Gasteiger partial charge in [-0.1, -0.05) is 24.9 Å². The lowest BCUT2D eigenvalue weighted by Gasteiger charge is -2.38. The zero-order valence-corrected chi connectivity index (χ0v) is 20.6. The number of nitrogen functional groups attached to an aromatic ring is 1. The summed E-state index contributed by atoms with van der Waals surface area (Å²) in [6.45, 7) is 6.61. The van der Waals surface area contributed by atoms with Crippen LogP contribution in [0.4, 0.5) is 5.69 Å². The van der Waals surface area contributed by atoms with Crippen LogP contribution >= 0.6 is 11.6 Å². The quantitative estimate of drug-likeness (QED) is 0.493. The standard InChI is InChI=1S/C24H38ClN5O3/c1-3-4-20(26)24(32)30-11-5-16(6-12-30)15-29-9-7-17(8-10-29)28-23(31)18-13-19(25)21(27)14-22(18)33-2/h13-14,16-17,20H,3-12,15,26-27H2,1-2H3,(H,28,31). The van der Waals surface area contributed by atoms with Gasteiger partial charge in [0.1, 0.15) is 5.75 Å². The number of carbonyl (C=O) groups excluding carboxylic acids is 2. The third-order valence-electron chi connectivity index (χ3n) is 6.85.